The van der Waals surface area contributed by atoms with Crippen molar-refractivity contribution in [2.45, 2.75) is 25.8 Å². The molecular weight excluding hydrogens is 238 g/mol. The first-order valence-corrected chi connectivity index (χ1v) is 6.27. The Morgan fingerprint density at radius 3 is 2.76 bits per heavy atom. The van der Waals surface area contributed by atoms with Crippen molar-refractivity contribution in [3.63, 3.8) is 0 Å². The zero-order valence-corrected chi connectivity index (χ0v) is 10.6. The number of amides is 1. The lowest BCUT2D eigenvalue weighted by molar-refractivity contribution is -0.133. The Morgan fingerprint density at radius 2 is 2.18 bits per heavy atom. The molecule has 0 heterocycles. The molecule has 0 unspecified atom stereocenters. The van der Waals surface area contributed by atoms with Gasteiger partial charge in [0.05, 0.1) is 5.02 Å². The van der Waals surface area contributed by atoms with Crippen molar-refractivity contribution < 1.29 is 9.53 Å². The number of nitrogens with zero attached hydrogens (tertiary/aromatic N) is 1. The van der Waals surface area contributed by atoms with E-state index in [2.05, 4.69) is 0 Å². The van der Waals surface area contributed by atoms with Crippen LogP contribution in [-0.4, -0.2) is 30.0 Å². The number of rotatable bonds is 5. The summed E-state index contributed by atoms with van der Waals surface area (Å²) in [5, 5.41) is 0.537. The first-order chi connectivity index (χ1) is 8.22. The Kier molecular flexibility index (Phi) is 3.89. The molecule has 0 atom stereocenters. The van der Waals surface area contributed by atoms with Crippen molar-refractivity contribution in [1.29, 1.82) is 0 Å². The van der Waals surface area contributed by atoms with E-state index in [1.165, 1.54) is 0 Å². The van der Waals surface area contributed by atoms with Crippen molar-refractivity contribution in [2.24, 2.45) is 0 Å². The normalized spacial score (nSPS) is 14.5. The van der Waals surface area contributed by atoms with Crippen LogP contribution in [0.5, 0.6) is 5.75 Å². The van der Waals surface area contributed by atoms with Crippen molar-refractivity contribution in [1.82, 2.24) is 4.90 Å². The Labute approximate surface area is 106 Å². The first-order valence-electron chi connectivity index (χ1n) is 5.89. The maximum Gasteiger partial charge on any atom is 0.260 e. The highest BCUT2D eigenvalue weighted by Gasteiger charge is 2.31. The molecule has 0 saturated heterocycles. The second-order valence-corrected chi connectivity index (χ2v) is 4.54. The molecular formula is C13H16ClNO2. The number of ether oxygens (including phenoxy) is 1. The van der Waals surface area contributed by atoms with Crippen LogP contribution in [0.25, 0.3) is 0 Å². The van der Waals surface area contributed by atoms with Gasteiger partial charge >= 0.3 is 0 Å². The lowest BCUT2D eigenvalue weighted by Crippen LogP contribution is -2.36. The fourth-order valence-corrected chi connectivity index (χ4v) is 2.00. The molecule has 0 aromatic heterocycles. The van der Waals surface area contributed by atoms with E-state index in [1.54, 1.807) is 12.1 Å². The highest BCUT2D eigenvalue weighted by atomic mass is 35.5. The van der Waals surface area contributed by atoms with Crippen LogP contribution in [0.2, 0.25) is 5.02 Å². The van der Waals surface area contributed by atoms with Crippen molar-refractivity contribution in [3.05, 3.63) is 29.3 Å². The molecule has 1 saturated carbocycles. The molecule has 1 aromatic rings. The van der Waals surface area contributed by atoms with E-state index >= 15 is 0 Å². The number of carbonyl (C=O) groups is 1. The number of hydrogen-bond donors (Lipinski definition) is 0. The summed E-state index contributed by atoms with van der Waals surface area (Å²) in [5.41, 5.74) is 0. The third kappa shape index (κ3) is 3.13. The lowest BCUT2D eigenvalue weighted by atomic mass is 10.3. The molecule has 3 nitrogen and oxygen atoms in total. The van der Waals surface area contributed by atoms with Crippen LogP contribution in [0.4, 0.5) is 0 Å². The minimum absolute atomic E-state index is 0.0370. The standard InChI is InChI=1S/C13H16ClNO2/c1-2-15(10-7-8-10)13(16)9-17-12-6-4-3-5-11(12)14/h3-6,10H,2,7-9H2,1H3. The van der Waals surface area contributed by atoms with Gasteiger partial charge in [-0.1, -0.05) is 23.7 Å². The van der Waals surface area contributed by atoms with Crippen LogP contribution in [0.15, 0.2) is 24.3 Å². The van der Waals surface area contributed by atoms with Gasteiger partial charge in [-0.3, -0.25) is 4.79 Å². The van der Waals surface area contributed by atoms with E-state index in [-0.39, 0.29) is 12.5 Å². The summed E-state index contributed by atoms with van der Waals surface area (Å²) in [6.07, 6.45) is 2.23. The smallest absolute Gasteiger partial charge is 0.260 e. The highest BCUT2D eigenvalue weighted by Crippen LogP contribution is 2.27. The zero-order valence-electron chi connectivity index (χ0n) is 9.86. The van der Waals surface area contributed by atoms with Crippen molar-refractivity contribution in [3.8, 4) is 5.75 Å². The lowest BCUT2D eigenvalue weighted by Gasteiger charge is -2.20. The molecule has 4 heteroatoms. The Bertz CT molecular complexity index is 404. The number of halogens is 1. The summed E-state index contributed by atoms with van der Waals surface area (Å²) in [6.45, 7) is 2.80. The van der Waals surface area contributed by atoms with Gasteiger partial charge in [-0.05, 0) is 31.9 Å². The number of carbonyl (C=O) groups excluding carboxylic acids is 1. The van der Waals surface area contributed by atoms with E-state index in [0.717, 1.165) is 19.4 Å². The molecule has 0 N–H and O–H groups in total. The van der Waals surface area contributed by atoms with Crippen LogP contribution < -0.4 is 4.74 Å². The molecule has 1 aromatic carbocycles. The Morgan fingerprint density at radius 1 is 1.47 bits per heavy atom. The van der Waals surface area contributed by atoms with E-state index in [1.807, 2.05) is 24.0 Å². The van der Waals surface area contributed by atoms with E-state index in [0.29, 0.717) is 16.8 Å². The largest absolute Gasteiger partial charge is 0.482 e. The second-order valence-electron chi connectivity index (χ2n) is 4.13. The minimum Gasteiger partial charge on any atom is -0.482 e. The monoisotopic (exact) mass is 253 g/mol. The molecule has 1 aliphatic carbocycles. The molecule has 0 radical (unpaired) electrons. The van der Waals surface area contributed by atoms with E-state index < -0.39 is 0 Å². The van der Waals surface area contributed by atoms with Gasteiger partial charge in [-0.2, -0.15) is 0 Å². The van der Waals surface area contributed by atoms with Gasteiger partial charge in [0.15, 0.2) is 6.61 Å². The number of para-hydroxylation sites is 1. The van der Waals surface area contributed by atoms with Gasteiger partial charge in [0.1, 0.15) is 5.75 Å². The van der Waals surface area contributed by atoms with Crippen molar-refractivity contribution in [2.75, 3.05) is 13.2 Å². The van der Waals surface area contributed by atoms with Crippen LogP contribution in [0, 0.1) is 0 Å². The van der Waals surface area contributed by atoms with Gasteiger partial charge in [0.2, 0.25) is 0 Å². The fourth-order valence-electron chi connectivity index (χ4n) is 1.81. The maximum absolute atomic E-state index is 11.9. The van der Waals surface area contributed by atoms with E-state index in [4.69, 9.17) is 16.3 Å². The molecule has 1 amide bonds. The third-order valence-electron chi connectivity index (χ3n) is 2.84. The van der Waals surface area contributed by atoms with E-state index in [9.17, 15) is 4.79 Å². The topological polar surface area (TPSA) is 29.5 Å². The molecule has 1 aliphatic rings. The predicted octanol–water partition coefficient (Wildman–Crippen LogP) is 2.73. The summed E-state index contributed by atoms with van der Waals surface area (Å²) >= 11 is 5.95. The minimum atomic E-state index is 0.0370. The van der Waals surface area contributed by atoms with Crippen molar-refractivity contribution >= 4 is 17.5 Å². The number of benzene rings is 1. The zero-order chi connectivity index (χ0) is 12.3. The first kappa shape index (κ1) is 12.2. The van der Waals surface area contributed by atoms with Crippen LogP contribution in [0.3, 0.4) is 0 Å². The van der Waals surface area contributed by atoms with Crippen LogP contribution in [-0.2, 0) is 4.79 Å². The fraction of sp³-hybridized carbons (Fsp3) is 0.462. The van der Waals surface area contributed by atoms with Gasteiger partial charge in [0, 0.05) is 12.6 Å². The molecule has 92 valence electrons. The second kappa shape index (κ2) is 5.41. The van der Waals surface area contributed by atoms with Gasteiger partial charge < -0.3 is 9.64 Å². The summed E-state index contributed by atoms with van der Waals surface area (Å²) in [5.74, 6) is 0.601. The SMILES string of the molecule is CCN(C(=O)COc1ccccc1Cl)C1CC1. The molecule has 0 aliphatic heterocycles. The molecule has 0 spiro atoms. The van der Waals surface area contributed by atoms with Crippen LogP contribution in [0.1, 0.15) is 19.8 Å². The molecule has 0 bridgehead atoms. The summed E-state index contributed by atoms with van der Waals surface area (Å²) in [4.78, 5) is 13.8. The average Bonchev–Trinajstić information content (AvgIpc) is 3.13. The van der Waals surface area contributed by atoms with Gasteiger partial charge in [0.25, 0.3) is 5.91 Å². The molecule has 2 rings (SSSR count). The van der Waals surface area contributed by atoms with Gasteiger partial charge in [-0.25, -0.2) is 0 Å². The number of hydrogen-bond acceptors (Lipinski definition) is 2. The quantitative estimate of drug-likeness (QED) is 0.808. The van der Waals surface area contributed by atoms with Crippen LogP contribution >= 0.6 is 11.6 Å². The predicted molar refractivity (Wildman–Crippen MR) is 67.4 cm³/mol. The Balaban J connectivity index is 1.89. The van der Waals surface area contributed by atoms with Gasteiger partial charge in [-0.15, -0.1) is 0 Å². The highest BCUT2D eigenvalue weighted by molar-refractivity contribution is 6.32. The summed E-state index contributed by atoms with van der Waals surface area (Å²) in [7, 11) is 0. The molecule has 17 heavy (non-hydrogen) atoms. The maximum atomic E-state index is 11.9. The number of likely N-dealkylation sites (N-methyl/N-ethyl adjacent to an activating group) is 1. The summed E-state index contributed by atoms with van der Waals surface area (Å²) < 4.78 is 5.44. The summed E-state index contributed by atoms with van der Waals surface area (Å²) in [6, 6.07) is 7.62. The Hall–Kier alpha value is -1.22. The third-order valence-corrected chi connectivity index (χ3v) is 3.15. The molecule has 1 fully saturated rings. The average molecular weight is 254 g/mol.